The summed E-state index contributed by atoms with van der Waals surface area (Å²) in [5, 5.41) is 9.73. The highest BCUT2D eigenvalue weighted by atomic mass is 79.9. The summed E-state index contributed by atoms with van der Waals surface area (Å²) < 4.78 is 6.48. The fourth-order valence-electron chi connectivity index (χ4n) is 1.57. The number of halogens is 1. The molecule has 0 bridgehead atoms. The summed E-state index contributed by atoms with van der Waals surface area (Å²) in [5.74, 6) is 0.768. The van der Waals surface area contributed by atoms with Gasteiger partial charge in [-0.1, -0.05) is 15.9 Å². The Kier molecular flexibility index (Phi) is 3.41. The van der Waals surface area contributed by atoms with Gasteiger partial charge in [0.2, 0.25) is 0 Å². The van der Waals surface area contributed by atoms with Crippen molar-refractivity contribution in [3.05, 3.63) is 34.4 Å². The molecule has 0 saturated heterocycles. The number of aromatic nitrogens is 1. The maximum absolute atomic E-state index is 8.76. The van der Waals surface area contributed by atoms with E-state index in [-0.39, 0.29) is 6.61 Å². The molecule has 0 unspecified atom stereocenters. The second kappa shape index (κ2) is 4.80. The number of ether oxygens (including phenoxy) is 1. The molecule has 3 nitrogen and oxygen atoms in total. The van der Waals surface area contributed by atoms with Gasteiger partial charge in [-0.05, 0) is 25.1 Å². The lowest BCUT2D eigenvalue weighted by molar-refractivity contribution is 0.202. The molecule has 1 N–H and O–H groups in total. The Morgan fingerprint density at radius 2 is 2.19 bits per heavy atom. The van der Waals surface area contributed by atoms with Crippen molar-refractivity contribution in [2.75, 3.05) is 13.2 Å². The molecule has 0 aliphatic carbocycles. The van der Waals surface area contributed by atoms with Crippen molar-refractivity contribution < 1.29 is 9.84 Å². The SMILES string of the molecule is Cc1cc(OCCO)c2ccc(Br)cc2n1. The fourth-order valence-corrected chi connectivity index (χ4v) is 1.92. The van der Waals surface area contributed by atoms with Gasteiger partial charge in [-0.15, -0.1) is 0 Å². The maximum Gasteiger partial charge on any atom is 0.130 e. The zero-order chi connectivity index (χ0) is 11.5. The highest BCUT2D eigenvalue weighted by molar-refractivity contribution is 9.10. The van der Waals surface area contributed by atoms with E-state index in [9.17, 15) is 0 Å². The van der Waals surface area contributed by atoms with E-state index in [1.165, 1.54) is 0 Å². The Morgan fingerprint density at radius 1 is 1.38 bits per heavy atom. The summed E-state index contributed by atoms with van der Waals surface area (Å²) in [4.78, 5) is 4.43. The lowest BCUT2D eigenvalue weighted by atomic mass is 10.2. The van der Waals surface area contributed by atoms with Crippen molar-refractivity contribution >= 4 is 26.8 Å². The molecule has 4 heteroatoms. The molecule has 1 heterocycles. The predicted octanol–water partition coefficient (Wildman–Crippen LogP) is 2.68. The minimum Gasteiger partial charge on any atom is -0.490 e. The Bertz CT molecular complexity index is 508. The molecule has 2 rings (SSSR count). The van der Waals surface area contributed by atoms with E-state index in [1.807, 2.05) is 31.2 Å². The third-order valence-electron chi connectivity index (χ3n) is 2.21. The zero-order valence-corrected chi connectivity index (χ0v) is 10.5. The van der Waals surface area contributed by atoms with Crippen molar-refractivity contribution in [3.8, 4) is 5.75 Å². The molecule has 2 aromatic rings. The van der Waals surface area contributed by atoms with Crippen molar-refractivity contribution in [1.82, 2.24) is 4.98 Å². The van der Waals surface area contributed by atoms with Crippen LogP contribution in [0.25, 0.3) is 10.9 Å². The van der Waals surface area contributed by atoms with Crippen LogP contribution in [0.15, 0.2) is 28.7 Å². The first-order valence-electron chi connectivity index (χ1n) is 5.01. The quantitative estimate of drug-likeness (QED) is 0.941. The van der Waals surface area contributed by atoms with Gasteiger partial charge in [-0.2, -0.15) is 0 Å². The van der Waals surface area contributed by atoms with Gasteiger partial charge < -0.3 is 9.84 Å². The van der Waals surface area contributed by atoms with Crippen LogP contribution in [0.5, 0.6) is 5.75 Å². The van der Waals surface area contributed by atoms with Gasteiger partial charge >= 0.3 is 0 Å². The van der Waals surface area contributed by atoms with E-state index in [2.05, 4.69) is 20.9 Å². The van der Waals surface area contributed by atoms with Crippen LogP contribution in [0, 0.1) is 6.92 Å². The van der Waals surface area contributed by atoms with Gasteiger partial charge in [0.15, 0.2) is 0 Å². The highest BCUT2D eigenvalue weighted by Crippen LogP contribution is 2.27. The number of hydrogen-bond acceptors (Lipinski definition) is 3. The predicted molar refractivity (Wildman–Crippen MR) is 66.8 cm³/mol. The Morgan fingerprint density at radius 3 is 2.94 bits per heavy atom. The Labute approximate surface area is 102 Å². The van der Waals surface area contributed by atoms with Crippen LogP contribution in [0.4, 0.5) is 0 Å². The lowest BCUT2D eigenvalue weighted by Crippen LogP contribution is -2.02. The van der Waals surface area contributed by atoms with Crippen LogP contribution < -0.4 is 4.74 Å². The van der Waals surface area contributed by atoms with Crippen LogP contribution >= 0.6 is 15.9 Å². The number of hydrogen-bond donors (Lipinski definition) is 1. The molecule has 0 saturated carbocycles. The number of pyridine rings is 1. The summed E-state index contributed by atoms with van der Waals surface area (Å²) in [6, 6.07) is 7.74. The molecule has 0 fully saturated rings. The van der Waals surface area contributed by atoms with Crippen LogP contribution in [0.2, 0.25) is 0 Å². The van der Waals surface area contributed by atoms with Crippen molar-refractivity contribution in [2.24, 2.45) is 0 Å². The van der Waals surface area contributed by atoms with Gasteiger partial charge in [0.1, 0.15) is 12.4 Å². The normalized spacial score (nSPS) is 10.7. The molecule has 1 aromatic carbocycles. The first-order valence-corrected chi connectivity index (χ1v) is 5.80. The minimum absolute atomic E-state index is 0.0133. The third kappa shape index (κ3) is 2.33. The van der Waals surface area contributed by atoms with Crippen molar-refractivity contribution in [3.63, 3.8) is 0 Å². The monoisotopic (exact) mass is 281 g/mol. The van der Waals surface area contributed by atoms with Crippen molar-refractivity contribution in [2.45, 2.75) is 6.92 Å². The third-order valence-corrected chi connectivity index (χ3v) is 2.70. The molecule has 0 aliphatic rings. The zero-order valence-electron chi connectivity index (χ0n) is 8.90. The molecular formula is C12H12BrNO2. The molecule has 1 aromatic heterocycles. The van der Waals surface area contributed by atoms with Gasteiger partial charge in [0, 0.05) is 21.6 Å². The number of aliphatic hydroxyl groups is 1. The molecule has 0 amide bonds. The number of nitrogens with zero attached hydrogens (tertiary/aromatic N) is 1. The molecule has 84 valence electrons. The van der Waals surface area contributed by atoms with Gasteiger partial charge in [-0.3, -0.25) is 4.98 Å². The minimum atomic E-state index is 0.0133. The van der Waals surface area contributed by atoms with Crippen LogP contribution in [-0.2, 0) is 0 Å². The van der Waals surface area contributed by atoms with Crippen molar-refractivity contribution in [1.29, 1.82) is 0 Å². The van der Waals surface area contributed by atoms with E-state index >= 15 is 0 Å². The summed E-state index contributed by atoms with van der Waals surface area (Å²) in [7, 11) is 0. The Balaban J connectivity index is 2.54. The van der Waals surface area contributed by atoms with Crippen LogP contribution in [0.1, 0.15) is 5.69 Å². The van der Waals surface area contributed by atoms with Crippen LogP contribution in [0.3, 0.4) is 0 Å². The van der Waals surface area contributed by atoms with E-state index in [4.69, 9.17) is 9.84 Å². The molecule has 16 heavy (non-hydrogen) atoms. The summed E-state index contributed by atoms with van der Waals surface area (Å²) in [6.07, 6.45) is 0. The van der Waals surface area contributed by atoms with E-state index in [0.717, 1.165) is 26.8 Å². The summed E-state index contributed by atoms with van der Waals surface area (Å²) in [6.45, 7) is 2.24. The average molecular weight is 282 g/mol. The first kappa shape index (κ1) is 11.4. The van der Waals surface area contributed by atoms with E-state index in [1.54, 1.807) is 0 Å². The molecular weight excluding hydrogens is 270 g/mol. The lowest BCUT2D eigenvalue weighted by Gasteiger charge is -2.09. The average Bonchev–Trinajstić information content (AvgIpc) is 2.25. The molecule has 0 atom stereocenters. The molecule has 0 aliphatic heterocycles. The first-order chi connectivity index (χ1) is 7.70. The second-order valence-corrected chi connectivity index (χ2v) is 4.41. The van der Waals surface area contributed by atoms with Gasteiger partial charge in [-0.25, -0.2) is 0 Å². The van der Waals surface area contributed by atoms with Crippen LogP contribution in [-0.4, -0.2) is 23.3 Å². The number of fused-ring (bicyclic) bond motifs is 1. The Hall–Kier alpha value is -1.13. The highest BCUT2D eigenvalue weighted by Gasteiger charge is 2.05. The maximum atomic E-state index is 8.76. The van der Waals surface area contributed by atoms with E-state index < -0.39 is 0 Å². The largest absolute Gasteiger partial charge is 0.490 e. The smallest absolute Gasteiger partial charge is 0.130 e. The van der Waals surface area contributed by atoms with Gasteiger partial charge in [0.25, 0.3) is 0 Å². The number of aliphatic hydroxyl groups excluding tert-OH is 1. The number of benzene rings is 1. The summed E-state index contributed by atoms with van der Waals surface area (Å²) in [5.41, 5.74) is 1.79. The van der Waals surface area contributed by atoms with Gasteiger partial charge in [0.05, 0.1) is 12.1 Å². The fraction of sp³-hybridized carbons (Fsp3) is 0.250. The second-order valence-electron chi connectivity index (χ2n) is 3.50. The number of aryl methyl sites for hydroxylation is 1. The molecule has 0 spiro atoms. The summed E-state index contributed by atoms with van der Waals surface area (Å²) >= 11 is 3.41. The van der Waals surface area contributed by atoms with E-state index in [0.29, 0.717) is 6.61 Å². The number of rotatable bonds is 3. The standard InChI is InChI=1S/C12H12BrNO2/c1-8-6-12(16-5-4-15)10-3-2-9(13)7-11(10)14-8/h2-3,6-7,15H,4-5H2,1H3. The topological polar surface area (TPSA) is 42.4 Å². The molecule has 0 radical (unpaired) electrons.